The van der Waals surface area contributed by atoms with E-state index < -0.39 is 23.9 Å². The Morgan fingerprint density at radius 1 is 0.854 bits per heavy atom. The number of nitrogens with one attached hydrogen (secondary N) is 1. The van der Waals surface area contributed by atoms with Gasteiger partial charge in [0.15, 0.2) is 0 Å². The molecule has 1 aliphatic rings. The number of primary amides is 1. The lowest BCUT2D eigenvalue weighted by Crippen LogP contribution is -2.50. The molecule has 1 heterocycles. The van der Waals surface area contributed by atoms with E-state index >= 15 is 0 Å². The second-order valence-corrected chi connectivity index (χ2v) is 13.1. The van der Waals surface area contributed by atoms with Gasteiger partial charge >= 0.3 is 0 Å². The molecule has 1 aliphatic heterocycles. The molecule has 1 unspecified atom stereocenters. The van der Waals surface area contributed by atoms with Crippen LogP contribution in [0, 0.1) is 24.7 Å². The number of amides is 3. The first-order chi connectivity index (χ1) is 23.2. The number of anilines is 1. The van der Waals surface area contributed by atoms with Gasteiger partial charge in [0, 0.05) is 23.0 Å². The topological polar surface area (TPSA) is 105 Å². The highest BCUT2D eigenvalue weighted by atomic mass is 16.2. The number of hydrogen-bond donors (Lipinski definition) is 2. The highest BCUT2D eigenvalue weighted by molar-refractivity contribution is 6.20. The molecule has 0 saturated carbocycles. The zero-order valence-electron chi connectivity index (χ0n) is 28.4. The Labute approximate surface area is 284 Å². The maximum Gasteiger partial charge on any atom is 0.272 e. The number of carbonyl (C=O) groups excluding carboxylic acids is 3. The van der Waals surface area contributed by atoms with E-state index in [-0.39, 0.29) is 24.3 Å². The molecular weight excluding hydrogens is 596 g/mol. The van der Waals surface area contributed by atoms with Crippen molar-refractivity contribution in [2.45, 2.75) is 66.1 Å². The number of fused-ring (bicyclic) bond motifs is 1. The van der Waals surface area contributed by atoms with Gasteiger partial charge in [0.1, 0.15) is 0 Å². The van der Waals surface area contributed by atoms with Gasteiger partial charge in [-0.3, -0.25) is 14.4 Å². The minimum Gasteiger partial charge on any atom is -0.369 e. The van der Waals surface area contributed by atoms with Gasteiger partial charge in [0.05, 0.1) is 17.9 Å². The quantitative estimate of drug-likeness (QED) is 0.158. The van der Waals surface area contributed by atoms with E-state index in [9.17, 15) is 14.4 Å². The molecule has 3 N–H and O–H groups in total. The second kappa shape index (κ2) is 15.7. The number of aliphatic imine (C=N–C) groups is 1. The van der Waals surface area contributed by atoms with Crippen molar-refractivity contribution in [3.63, 3.8) is 0 Å². The van der Waals surface area contributed by atoms with Gasteiger partial charge in [-0.25, -0.2) is 4.99 Å². The molecule has 3 atom stereocenters. The summed E-state index contributed by atoms with van der Waals surface area (Å²) < 4.78 is 0. The first-order valence-electron chi connectivity index (χ1n) is 17.0. The van der Waals surface area contributed by atoms with E-state index in [0.717, 1.165) is 40.7 Å². The molecule has 7 heteroatoms. The van der Waals surface area contributed by atoms with Crippen LogP contribution < -0.4 is 16.0 Å². The Morgan fingerprint density at radius 3 is 2.23 bits per heavy atom. The first kappa shape index (κ1) is 34.3. The zero-order valence-corrected chi connectivity index (χ0v) is 28.4. The highest BCUT2D eigenvalue weighted by Crippen LogP contribution is 2.32. The summed E-state index contributed by atoms with van der Waals surface area (Å²) in [6.07, 6.45) is 1.43. The van der Waals surface area contributed by atoms with E-state index in [0.29, 0.717) is 24.2 Å². The molecule has 0 aliphatic carbocycles. The van der Waals surface area contributed by atoms with Crippen LogP contribution in [0.5, 0.6) is 0 Å². The van der Waals surface area contributed by atoms with Crippen LogP contribution in [0.3, 0.4) is 0 Å². The van der Waals surface area contributed by atoms with E-state index in [4.69, 9.17) is 10.7 Å². The normalized spacial score (nSPS) is 15.7. The van der Waals surface area contributed by atoms with Crippen LogP contribution in [-0.2, 0) is 20.9 Å². The number of rotatable bonds is 13. The van der Waals surface area contributed by atoms with Gasteiger partial charge in [-0.05, 0) is 54.5 Å². The number of para-hydroxylation sites is 1. The summed E-state index contributed by atoms with van der Waals surface area (Å²) in [4.78, 5) is 48.2. The minimum atomic E-state index is -1.21. The molecule has 5 rings (SSSR count). The van der Waals surface area contributed by atoms with E-state index in [1.165, 1.54) is 5.56 Å². The van der Waals surface area contributed by atoms with Crippen LogP contribution in [0.4, 0.5) is 5.69 Å². The summed E-state index contributed by atoms with van der Waals surface area (Å²) in [5, 5.41) is 2.99. The van der Waals surface area contributed by atoms with Crippen molar-refractivity contribution >= 4 is 29.1 Å². The van der Waals surface area contributed by atoms with Crippen molar-refractivity contribution in [1.29, 1.82) is 0 Å². The van der Waals surface area contributed by atoms with Gasteiger partial charge in [-0.1, -0.05) is 130 Å². The molecule has 0 aromatic heterocycles. The molecule has 0 saturated heterocycles. The largest absolute Gasteiger partial charge is 0.369 e. The van der Waals surface area contributed by atoms with Crippen molar-refractivity contribution in [1.82, 2.24) is 5.32 Å². The van der Waals surface area contributed by atoms with Crippen molar-refractivity contribution in [2.24, 2.45) is 28.5 Å². The average molecular weight is 643 g/mol. The molecule has 4 aromatic rings. The number of nitrogens with two attached hydrogens (primary N) is 1. The SMILES string of the molecule is CCCC[C@H](C(N)=O)[C@@H](CC(C)C)C(=O)NC1N=C(c2ccccc2)c2ccccc2N(Cc2cccc(-c3ccc(C)cc3)c2)C1=O. The summed E-state index contributed by atoms with van der Waals surface area (Å²) in [5.41, 5.74) is 13.1. The Morgan fingerprint density at radius 2 is 1.54 bits per heavy atom. The number of nitrogens with zero attached hydrogens (tertiary/aromatic N) is 2. The standard InChI is InChI=1S/C41H46N4O3/c1-5-6-17-33(38(42)46)35(24-27(2)3)40(47)44-39-41(48)45(26-29-13-12-16-32(25-29)30-22-20-28(4)21-23-30)36-19-11-10-18-34(36)37(43-39)31-14-8-7-9-15-31/h7-16,18-23,25,27,33,35,39H,5-6,17,24,26H2,1-4H3,(H2,42,46)(H,44,47)/t33-,35+,39?/m0/s1. The summed E-state index contributed by atoms with van der Waals surface area (Å²) in [6, 6.07) is 34.0. The lowest BCUT2D eigenvalue weighted by Gasteiger charge is -2.29. The van der Waals surface area contributed by atoms with Gasteiger partial charge in [-0.15, -0.1) is 0 Å². The molecular formula is C41H46N4O3. The summed E-state index contributed by atoms with van der Waals surface area (Å²) >= 11 is 0. The number of carbonyl (C=O) groups is 3. The fraction of sp³-hybridized carbons (Fsp3) is 0.317. The maximum atomic E-state index is 14.7. The van der Waals surface area contributed by atoms with E-state index in [1.807, 2.05) is 87.5 Å². The second-order valence-electron chi connectivity index (χ2n) is 13.1. The molecule has 248 valence electrons. The number of hydrogen-bond acceptors (Lipinski definition) is 4. The monoisotopic (exact) mass is 642 g/mol. The van der Waals surface area contributed by atoms with Crippen molar-refractivity contribution in [3.8, 4) is 11.1 Å². The van der Waals surface area contributed by atoms with Crippen molar-refractivity contribution < 1.29 is 14.4 Å². The Hall–Kier alpha value is -5.04. The lowest BCUT2D eigenvalue weighted by molar-refractivity contribution is -0.136. The minimum absolute atomic E-state index is 0.138. The van der Waals surface area contributed by atoms with Crippen LogP contribution in [0.25, 0.3) is 11.1 Å². The van der Waals surface area contributed by atoms with Crippen LogP contribution in [-0.4, -0.2) is 29.6 Å². The van der Waals surface area contributed by atoms with Crippen LogP contribution >= 0.6 is 0 Å². The van der Waals surface area contributed by atoms with E-state index in [2.05, 4.69) is 48.6 Å². The van der Waals surface area contributed by atoms with Crippen molar-refractivity contribution in [2.75, 3.05) is 4.90 Å². The smallest absolute Gasteiger partial charge is 0.272 e. The summed E-state index contributed by atoms with van der Waals surface area (Å²) in [6.45, 7) is 8.42. The summed E-state index contributed by atoms with van der Waals surface area (Å²) in [7, 11) is 0. The van der Waals surface area contributed by atoms with Crippen molar-refractivity contribution in [3.05, 3.63) is 125 Å². The van der Waals surface area contributed by atoms with Gasteiger partial charge in [0.2, 0.25) is 18.0 Å². The van der Waals surface area contributed by atoms with E-state index in [1.54, 1.807) is 4.90 Å². The maximum absolute atomic E-state index is 14.7. The lowest BCUT2D eigenvalue weighted by atomic mass is 9.81. The van der Waals surface area contributed by atoms with Gasteiger partial charge in [-0.2, -0.15) is 0 Å². The molecule has 0 radical (unpaired) electrons. The third-order valence-electron chi connectivity index (χ3n) is 8.97. The van der Waals surface area contributed by atoms with Crippen LogP contribution in [0.2, 0.25) is 0 Å². The predicted octanol–water partition coefficient (Wildman–Crippen LogP) is 7.44. The number of unbranched alkanes of at least 4 members (excludes halogenated alkanes) is 1. The number of benzene rings is 4. The molecule has 0 bridgehead atoms. The summed E-state index contributed by atoms with van der Waals surface area (Å²) in [5.74, 6) is -2.40. The van der Waals surface area contributed by atoms with Crippen LogP contribution in [0.15, 0.2) is 108 Å². The van der Waals surface area contributed by atoms with Gasteiger partial charge < -0.3 is 16.0 Å². The van der Waals surface area contributed by atoms with Gasteiger partial charge in [0.25, 0.3) is 5.91 Å². The zero-order chi connectivity index (χ0) is 34.2. The predicted molar refractivity (Wildman–Crippen MR) is 193 cm³/mol. The van der Waals surface area contributed by atoms with Crippen LogP contribution in [0.1, 0.15) is 68.7 Å². The number of benzodiazepines with no additional fused rings is 1. The Bertz CT molecular complexity index is 1760. The molecule has 48 heavy (non-hydrogen) atoms. The molecule has 3 amide bonds. The highest BCUT2D eigenvalue weighted by Gasteiger charge is 2.37. The Kier molecular flexibility index (Phi) is 11.2. The third kappa shape index (κ3) is 8.08. The Balaban J connectivity index is 1.56. The third-order valence-corrected chi connectivity index (χ3v) is 8.97. The molecule has 0 spiro atoms. The molecule has 7 nitrogen and oxygen atoms in total. The fourth-order valence-electron chi connectivity index (χ4n) is 6.46. The average Bonchev–Trinajstić information content (AvgIpc) is 3.19. The molecule has 4 aromatic carbocycles. The first-order valence-corrected chi connectivity index (χ1v) is 17.0. The number of aryl methyl sites for hydroxylation is 1. The molecule has 0 fully saturated rings. The fourth-order valence-corrected chi connectivity index (χ4v) is 6.46.